The highest BCUT2D eigenvalue weighted by Crippen LogP contribution is 2.36. The number of aliphatic hydroxyl groups excluding tert-OH is 2. The minimum atomic E-state index is -0.349. The lowest BCUT2D eigenvalue weighted by Gasteiger charge is -2.21. The van der Waals surface area contributed by atoms with Crippen LogP contribution in [0, 0.1) is 11.7 Å². The minimum absolute atomic E-state index is 0.00536. The van der Waals surface area contributed by atoms with Crippen LogP contribution in [0.2, 0.25) is 0 Å². The van der Waals surface area contributed by atoms with Crippen molar-refractivity contribution in [2.45, 2.75) is 12.3 Å². The first-order chi connectivity index (χ1) is 7.76. The van der Waals surface area contributed by atoms with Gasteiger partial charge in [0.2, 0.25) is 0 Å². The van der Waals surface area contributed by atoms with Crippen LogP contribution in [0.15, 0.2) is 18.2 Å². The molecule has 1 aromatic rings. The Bertz CT molecular complexity index is 367. The van der Waals surface area contributed by atoms with Gasteiger partial charge in [0.15, 0.2) is 0 Å². The summed E-state index contributed by atoms with van der Waals surface area (Å²) in [4.78, 5) is 0. The van der Waals surface area contributed by atoms with E-state index in [4.69, 9.17) is 4.74 Å². The van der Waals surface area contributed by atoms with Crippen LogP contribution >= 0.6 is 0 Å². The highest BCUT2D eigenvalue weighted by Gasteiger charge is 2.27. The number of ether oxygens (including phenoxy) is 1. The van der Waals surface area contributed by atoms with E-state index >= 15 is 0 Å². The van der Waals surface area contributed by atoms with Gasteiger partial charge in [-0.25, -0.2) is 4.39 Å². The van der Waals surface area contributed by atoms with Gasteiger partial charge in [0.1, 0.15) is 11.6 Å². The molecule has 0 aliphatic carbocycles. The molecule has 88 valence electrons. The van der Waals surface area contributed by atoms with Crippen LogP contribution in [-0.4, -0.2) is 30.0 Å². The zero-order chi connectivity index (χ0) is 11.5. The van der Waals surface area contributed by atoms with Crippen LogP contribution in [0.5, 0.6) is 5.75 Å². The fraction of sp³-hybridized carbons (Fsp3) is 0.500. The third-order valence-electron chi connectivity index (χ3n) is 3.12. The Morgan fingerprint density at radius 1 is 1.31 bits per heavy atom. The molecule has 2 rings (SSSR count). The molecule has 4 heteroatoms. The molecule has 0 amide bonds. The van der Waals surface area contributed by atoms with Crippen molar-refractivity contribution in [3.05, 3.63) is 29.6 Å². The zero-order valence-electron chi connectivity index (χ0n) is 8.90. The smallest absolute Gasteiger partial charge is 0.126 e. The van der Waals surface area contributed by atoms with Crippen LogP contribution in [0.25, 0.3) is 0 Å². The molecule has 0 saturated heterocycles. The number of fused-ring (bicyclic) bond motifs is 1. The van der Waals surface area contributed by atoms with Gasteiger partial charge in [-0.3, -0.25) is 0 Å². The molecule has 1 heterocycles. The number of aliphatic hydroxyl groups is 2. The predicted molar refractivity (Wildman–Crippen MR) is 56.9 cm³/mol. The van der Waals surface area contributed by atoms with Gasteiger partial charge in [0.25, 0.3) is 0 Å². The molecule has 0 aromatic heterocycles. The molecule has 0 fully saturated rings. The Morgan fingerprint density at radius 2 is 2.12 bits per heavy atom. The Balaban J connectivity index is 2.40. The second-order valence-corrected chi connectivity index (χ2v) is 4.05. The zero-order valence-corrected chi connectivity index (χ0v) is 8.90. The van der Waals surface area contributed by atoms with Crippen LogP contribution in [-0.2, 0) is 0 Å². The van der Waals surface area contributed by atoms with Crippen molar-refractivity contribution in [3.8, 4) is 5.75 Å². The lowest BCUT2D eigenvalue weighted by Crippen LogP contribution is -2.19. The average Bonchev–Trinajstić information content (AvgIpc) is 2.46. The quantitative estimate of drug-likeness (QED) is 0.799. The average molecular weight is 226 g/mol. The molecule has 0 saturated carbocycles. The van der Waals surface area contributed by atoms with Gasteiger partial charge in [0, 0.05) is 24.2 Å². The largest absolute Gasteiger partial charge is 0.493 e. The van der Waals surface area contributed by atoms with E-state index in [1.165, 1.54) is 12.1 Å². The Labute approximate surface area is 93.5 Å². The molecule has 0 spiro atoms. The maximum Gasteiger partial charge on any atom is 0.126 e. The molecule has 1 aliphatic heterocycles. The molecule has 0 bridgehead atoms. The second kappa shape index (κ2) is 4.80. The first kappa shape index (κ1) is 11.4. The summed E-state index contributed by atoms with van der Waals surface area (Å²) < 4.78 is 18.5. The summed E-state index contributed by atoms with van der Waals surface area (Å²) in [5.41, 5.74) is 0.778. The van der Waals surface area contributed by atoms with Crippen molar-refractivity contribution < 1.29 is 19.3 Å². The maximum absolute atomic E-state index is 13.0. The molecule has 2 N–H and O–H groups in total. The first-order valence-corrected chi connectivity index (χ1v) is 5.40. The summed E-state index contributed by atoms with van der Waals surface area (Å²) in [6, 6.07) is 4.31. The van der Waals surface area contributed by atoms with Crippen molar-refractivity contribution in [1.29, 1.82) is 0 Å². The molecule has 2 unspecified atom stereocenters. The van der Waals surface area contributed by atoms with E-state index in [9.17, 15) is 14.6 Å². The normalized spacial score (nSPS) is 24.4. The predicted octanol–water partition coefficient (Wildman–Crippen LogP) is 1.29. The summed E-state index contributed by atoms with van der Waals surface area (Å²) in [6.07, 6.45) is 0.665. The molecule has 2 atom stereocenters. The Morgan fingerprint density at radius 3 is 2.81 bits per heavy atom. The van der Waals surface area contributed by atoms with Crippen molar-refractivity contribution in [2.24, 2.45) is 5.92 Å². The van der Waals surface area contributed by atoms with Crippen LogP contribution in [0.1, 0.15) is 17.9 Å². The highest BCUT2D eigenvalue weighted by molar-refractivity contribution is 5.38. The molecule has 0 radical (unpaired) electrons. The fourth-order valence-corrected chi connectivity index (χ4v) is 2.18. The topological polar surface area (TPSA) is 49.7 Å². The number of benzene rings is 1. The molecular weight excluding hydrogens is 211 g/mol. The molecule has 1 aliphatic rings. The standard InChI is InChI=1S/C12H15FO3/c13-9-1-2-10-11(7-15)8(6-14)3-4-16-12(10)5-9/h1-2,5,8,11,14-15H,3-4,6-7H2. The summed E-state index contributed by atoms with van der Waals surface area (Å²) in [5, 5.41) is 18.6. The first-order valence-electron chi connectivity index (χ1n) is 5.40. The number of rotatable bonds is 2. The fourth-order valence-electron chi connectivity index (χ4n) is 2.18. The van der Waals surface area contributed by atoms with E-state index in [1.54, 1.807) is 6.07 Å². The second-order valence-electron chi connectivity index (χ2n) is 4.05. The summed E-state index contributed by atoms with van der Waals surface area (Å²) >= 11 is 0. The third-order valence-corrected chi connectivity index (χ3v) is 3.12. The van der Waals surface area contributed by atoms with Crippen LogP contribution in [0.4, 0.5) is 4.39 Å². The lowest BCUT2D eigenvalue weighted by molar-refractivity contribution is 0.148. The Kier molecular flexibility index (Phi) is 3.41. The van der Waals surface area contributed by atoms with E-state index in [2.05, 4.69) is 0 Å². The van der Waals surface area contributed by atoms with E-state index in [0.717, 1.165) is 5.56 Å². The number of halogens is 1. The van der Waals surface area contributed by atoms with Crippen molar-refractivity contribution in [2.75, 3.05) is 19.8 Å². The highest BCUT2D eigenvalue weighted by atomic mass is 19.1. The summed E-state index contributed by atoms with van der Waals surface area (Å²) in [7, 11) is 0. The number of hydrogen-bond acceptors (Lipinski definition) is 3. The van der Waals surface area contributed by atoms with Gasteiger partial charge in [0.05, 0.1) is 13.2 Å². The van der Waals surface area contributed by atoms with Crippen molar-refractivity contribution >= 4 is 0 Å². The Hall–Kier alpha value is -1.13. The van der Waals surface area contributed by atoms with E-state index in [-0.39, 0.29) is 30.9 Å². The lowest BCUT2D eigenvalue weighted by atomic mass is 9.85. The van der Waals surface area contributed by atoms with Gasteiger partial charge >= 0.3 is 0 Å². The van der Waals surface area contributed by atoms with Crippen molar-refractivity contribution in [3.63, 3.8) is 0 Å². The van der Waals surface area contributed by atoms with Gasteiger partial charge < -0.3 is 14.9 Å². The minimum Gasteiger partial charge on any atom is -0.493 e. The number of hydrogen-bond donors (Lipinski definition) is 2. The summed E-state index contributed by atoms with van der Waals surface area (Å²) in [5.74, 6) is -0.0762. The SMILES string of the molecule is OCC1CCOc2cc(F)ccc2C1CO. The van der Waals surface area contributed by atoms with Gasteiger partial charge in [-0.05, 0) is 18.4 Å². The summed E-state index contributed by atoms with van der Waals surface area (Å²) in [6.45, 7) is 0.386. The molecule has 3 nitrogen and oxygen atoms in total. The van der Waals surface area contributed by atoms with Crippen LogP contribution in [0.3, 0.4) is 0 Å². The van der Waals surface area contributed by atoms with E-state index in [1.807, 2.05) is 0 Å². The van der Waals surface area contributed by atoms with Gasteiger partial charge in [-0.1, -0.05) is 6.07 Å². The third kappa shape index (κ3) is 2.03. The monoisotopic (exact) mass is 226 g/mol. The van der Waals surface area contributed by atoms with Gasteiger partial charge in [-0.15, -0.1) is 0 Å². The molecule has 16 heavy (non-hydrogen) atoms. The maximum atomic E-state index is 13.0. The van der Waals surface area contributed by atoms with Crippen molar-refractivity contribution in [1.82, 2.24) is 0 Å². The van der Waals surface area contributed by atoms with Gasteiger partial charge in [-0.2, -0.15) is 0 Å². The van der Waals surface area contributed by atoms with E-state index < -0.39 is 0 Å². The van der Waals surface area contributed by atoms with E-state index in [0.29, 0.717) is 18.8 Å². The molecule has 1 aromatic carbocycles. The van der Waals surface area contributed by atoms with Crippen LogP contribution < -0.4 is 4.74 Å². The molecular formula is C12H15FO3.